The monoisotopic (exact) mass is 288 g/mol. The van der Waals surface area contributed by atoms with Crippen LogP contribution in [0.1, 0.15) is 91.9 Å². The fourth-order valence-electron chi connectivity index (χ4n) is 3.29. The SMILES string of the molecule is CCCCCCCC[PH](CC)(CCCC)CCCC. The van der Waals surface area contributed by atoms with Gasteiger partial charge in [-0.1, -0.05) is 0 Å². The van der Waals surface area contributed by atoms with Crippen LogP contribution in [0.4, 0.5) is 0 Å². The van der Waals surface area contributed by atoms with E-state index in [1.54, 1.807) is 24.6 Å². The minimum absolute atomic E-state index is 0.880. The molecule has 0 aliphatic heterocycles. The summed E-state index contributed by atoms with van der Waals surface area (Å²) in [6.45, 7) is 9.53. The second-order valence-corrected chi connectivity index (χ2v) is 11.8. The van der Waals surface area contributed by atoms with Crippen LogP contribution in [-0.2, 0) is 0 Å². The molecule has 1 heteroatoms. The van der Waals surface area contributed by atoms with Gasteiger partial charge in [0.05, 0.1) is 0 Å². The first-order valence-corrected chi connectivity index (χ1v) is 12.1. The van der Waals surface area contributed by atoms with Crippen LogP contribution in [0.5, 0.6) is 0 Å². The third-order valence-corrected chi connectivity index (χ3v) is 10.7. The first-order valence-electron chi connectivity index (χ1n) is 9.24. The molecule has 0 fully saturated rings. The first kappa shape index (κ1) is 19.4. The van der Waals surface area contributed by atoms with Gasteiger partial charge in [-0.15, -0.1) is 0 Å². The Labute approximate surface area is 124 Å². The van der Waals surface area contributed by atoms with E-state index < -0.39 is 7.26 Å². The number of hydrogen-bond acceptors (Lipinski definition) is 0. The zero-order valence-corrected chi connectivity index (χ0v) is 15.4. The second-order valence-electron chi connectivity index (χ2n) is 6.58. The van der Waals surface area contributed by atoms with Gasteiger partial charge in [-0.3, -0.25) is 0 Å². The maximum atomic E-state index is 2.49. The molecule has 0 aliphatic rings. The Hall–Kier alpha value is 0.430. The zero-order valence-electron chi connectivity index (χ0n) is 14.4. The summed E-state index contributed by atoms with van der Waals surface area (Å²) in [5.41, 5.74) is 0. The fraction of sp³-hybridized carbons (Fsp3) is 1.00. The molecule has 0 atom stereocenters. The van der Waals surface area contributed by atoms with Crippen LogP contribution in [-0.4, -0.2) is 24.6 Å². The van der Waals surface area contributed by atoms with Gasteiger partial charge in [0.15, 0.2) is 0 Å². The molecule has 0 rings (SSSR count). The van der Waals surface area contributed by atoms with Crippen molar-refractivity contribution in [2.45, 2.75) is 91.9 Å². The van der Waals surface area contributed by atoms with Crippen molar-refractivity contribution in [3.63, 3.8) is 0 Å². The standard InChI is InChI=1S/C18H41P/c1-5-9-12-13-14-15-18-19(8-4,16-10-6-2)17-11-7-3/h19H,5-18H2,1-4H3. The van der Waals surface area contributed by atoms with Crippen LogP contribution in [0.15, 0.2) is 0 Å². The average molecular weight is 289 g/mol. The molecule has 0 amide bonds. The molecular weight excluding hydrogens is 247 g/mol. The first-order chi connectivity index (χ1) is 9.24. The molecule has 118 valence electrons. The van der Waals surface area contributed by atoms with Crippen molar-refractivity contribution in [3.05, 3.63) is 0 Å². The van der Waals surface area contributed by atoms with Crippen LogP contribution in [0.2, 0.25) is 0 Å². The van der Waals surface area contributed by atoms with Crippen molar-refractivity contribution in [2.75, 3.05) is 24.6 Å². The van der Waals surface area contributed by atoms with Crippen LogP contribution >= 0.6 is 7.26 Å². The molecule has 0 aromatic heterocycles. The summed E-state index contributed by atoms with van der Waals surface area (Å²) in [7, 11) is -0.880. The van der Waals surface area contributed by atoms with Crippen molar-refractivity contribution >= 4 is 7.26 Å². The van der Waals surface area contributed by atoms with Gasteiger partial charge < -0.3 is 0 Å². The second kappa shape index (κ2) is 13.4. The molecule has 0 aromatic rings. The predicted molar refractivity (Wildman–Crippen MR) is 96.6 cm³/mol. The Kier molecular flexibility index (Phi) is 13.7. The van der Waals surface area contributed by atoms with Crippen molar-refractivity contribution < 1.29 is 0 Å². The Morgan fingerprint density at radius 3 is 1.37 bits per heavy atom. The predicted octanol–water partition coefficient (Wildman–Crippen LogP) is 6.72. The average Bonchev–Trinajstić information content (AvgIpc) is 2.45. The summed E-state index contributed by atoms with van der Waals surface area (Å²) in [4.78, 5) is 0. The van der Waals surface area contributed by atoms with Gasteiger partial charge in [0, 0.05) is 0 Å². The van der Waals surface area contributed by atoms with Crippen LogP contribution in [0.3, 0.4) is 0 Å². The van der Waals surface area contributed by atoms with Gasteiger partial charge in [-0.05, 0) is 0 Å². The van der Waals surface area contributed by atoms with Gasteiger partial charge >= 0.3 is 124 Å². The summed E-state index contributed by atoms with van der Waals surface area (Å²) in [6, 6.07) is 0. The van der Waals surface area contributed by atoms with Gasteiger partial charge in [0.25, 0.3) is 0 Å². The van der Waals surface area contributed by atoms with Crippen molar-refractivity contribution in [1.29, 1.82) is 0 Å². The summed E-state index contributed by atoms with van der Waals surface area (Å²) in [5.74, 6) is 0. The molecule has 0 heterocycles. The Morgan fingerprint density at radius 2 is 0.895 bits per heavy atom. The maximum absolute atomic E-state index is 2.49. The van der Waals surface area contributed by atoms with E-state index in [0.29, 0.717) is 0 Å². The molecule has 0 unspecified atom stereocenters. The molecular formula is C18H41P. The van der Waals surface area contributed by atoms with E-state index in [2.05, 4.69) is 27.7 Å². The van der Waals surface area contributed by atoms with E-state index in [4.69, 9.17) is 0 Å². The Balaban J connectivity index is 4.00. The van der Waals surface area contributed by atoms with E-state index in [9.17, 15) is 0 Å². The summed E-state index contributed by atoms with van der Waals surface area (Å²) >= 11 is 0. The van der Waals surface area contributed by atoms with Crippen LogP contribution < -0.4 is 0 Å². The van der Waals surface area contributed by atoms with Gasteiger partial charge in [0.2, 0.25) is 0 Å². The molecule has 0 nitrogen and oxygen atoms in total. The molecule has 0 saturated heterocycles. The van der Waals surface area contributed by atoms with E-state index in [0.717, 1.165) is 0 Å². The fourth-order valence-corrected chi connectivity index (χ4v) is 8.31. The number of unbranched alkanes of at least 4 members (excludes halogenated alkanes) is 7. The van der Waals surface area contributed by atoms with Gasteiger partial charge in [-0.2, -0.15) is 0 Å². The van der Waals surface area contributed by atoms with E-state index in [1.165, 1.54) is 64.2 Å². The van der Waals surface area contributed by atoms with E-state index >= 15 is 0 Å². The third-order valence-electron chi connectivity index (χ3n) is 4.93. The van der Waals surface area contributed by atoms with E-state index in [-0.39, 0.29) is 0 Å². The van der Waals surface area contributed by atoms with Crippen LogP contribution in [0, 0.1) is 0 Å². The quantitative estimate of drug-likeness (QED) is 0.246. The van der Waals surface area contributed by atoms with E-state index in [1.807, 2.05) is 0 Å². The Bertz CT molecular complexity index is 169. The Morgan fingerprint density at radius 1 is 0.474 bits per heavy atom. The molecule has 0 spiro atoms. The topological polar surface area (TPSA) is 0 Å². The zero-order chi connectivity index (χ0) is 14.4. The molecule has 19 heavy (non-hydrogen) atoms. The van der Waals surface area contributed by atoms with Crippen molar-refractivity contribution in [1.82, 2.24) is 0 Å². The summed E-state index contributed by atoms with van der Waals surface area (Å²) in [6.07, 6.45) is 21.0. The number of rotatable bonds is 14. The van der Waals surface area contributed by atoms with Gasteiger partial charge in [-0.25, -0.2) is 0 Å². The molecule has 0 aromatic carbocycles. The van der Waals surface area contributed by atoms with Crippen molar-refractivity contribution in [2.24, 2.45) is 0 Å². The minimum atomic E-state index is -0.880. The molecule has 0 bridgehead atoms. The molecule has 0 saturated carbocycles. The van der Waals surface area contributed by atoms with Gasteiger partial charge in [0.1, 0.15) is 0 Å². The molecule has 0 N–H and O–H groups in total. The summed E-state index contributed by atoms with van der Waals surface area (Å²) in [5, 5.41) is 0. The summed E-state index contributed by atoms with van der Waals surface area (Å²) < 4.78 is 0. The van der Waals surface area contributed by atoms with Crippen molar-refractivity contribution in [3.8, 4) is 0 Å². The normalized spacial score (nSPS) is 12.8. The third kappa shape index (κ3) is 9.89. The van der Waals surface area contributed by atoms with Crippen LogP contribution in [0.25, 0.3) is 0 Å². The molecule has 0 aliphatic carbocycles. The molecule has 0 radical (unpaired) electrons. The number of hydrogen-bond donors (Lipinski definition) is 0.